The molecule has 53 heavy (non-hydrogen) atoms. The second-order valence-corrected chi connectivity index (χ2v) is 14.5. The summed E-state index contributed by atoms with van der Waals surface area (Å²) in [7, 11) is -9.41. The summed E-state index contributed by atoms with van der Waals surface area (Å²) in [5.74, 6) is -0.890. The van der Waals surface area contributed by atoms with Gasteiger partial charge in [-0.3, -0.25) is 13.9 Å². The van der Waals surface area contributed by atoms with Crippen LogP contribution in [0.5, 0.6) is 5.75 Å². The molecule has 0 aromatic heterocycles. The highest BCUT2D eigenvalue weighted by atomic mass is 32.2. The average molecular weight is 777 g/mol. The number of phenolic OH excluding ortho intramolecular Hbond substituents is 1. The molecule has 0 saturated carbocycles. The van der Waals surface area contributed by atoms with Gasteiger partial charge in [0.25, 0.3) is 26.1 Å². The summed E-state index contributed by atoms with van der Waals surface area (Å²) in [4.78, 5) is 11.5. The fourth-order valence-electron chi connectivity index (χ4n) is 5.08. The average Bonchev–Trinajstić information content (AvgIpc) is 3.12. The van der Waals surface area contributed by atoms with Crippen LogP contribution >= 0.6 is 12.0 Å². The van der Waals surface area contributed by atoms with E-state index in [0.29, 0.717) is 34.4 Å². The number of rotatable bonds is 11. The smallest absolute Gasteiger partial charge is 0.296 e. The molecule has 6 aromatic rings. The normalized spacial score (nSPS) is 12.3. The maximum absolute atomic E-state index is 12.6. The Hall–Kier alpha value is -5.84. The first kappa shape index (κ1) is 36.9. The number of para-hydroxylation sites is 1. The molecule has 20 heteroatoms. The number of phenols is 1. The van der Waals surface area contributed by atoms with E-state index in [2.05, 4.69) is 35.1 Å². The largest absolute Gasteiger partial charge is 0.505 e. The first-order valence-corrected chi connectivity index (χ1v) is 18.4. The number of hydrogen-bond acceptors (Lipinski definition) is 15. The summed E-state index contributed by atoms with van der Waals surface area (Å²) >= 11 is 0.357. The summed E-state index contributed by atoms with van der Waals surface area (Å²) in [6, 6.07) is 25.2. The van der Waals surface area contributed by atoms with Crippen LogP contribution in [0.25, 0.3) is 21.5 Å². The van der Waals surface area contributed by atoms with Gasteiger partial charge in [0.15, 0.2) is 5.75 Å². The first-order valence-electron chi connectivity index (χ1n) is 14.8. The van der Waals surface area contributed by atoms with Crippen molar-refractivity contribution in [3.05, 3.63) is 109 Å². The van der Waals surface area contributed by atoms with E-state index in [1.54, 1.807) is 48.5 Å². The Bertz CT molecular complexity index is 2680. The zero-order valence-electron chi connectivity index (χ0n) is 26.6. The van der Waals surface area contributed by atoms with Gasteiger partial charge in [0.05, 0.1) is 44.6 Å². The van der Waals surface area contributed by atoms with E-state index in [9.17, 15) is 35.8 Å². The molecule has 0 spiro atoms. The molecule has 0 aliphatic heterocycles. The standard InChI is InChI=1S/C33H24N6O11S3/c34-26-17-24-19(15-30(26)53(46,47)48)14-29(51-50-49-42)31(32(24)40)39-38-28-13-12-27(23-11-10-22(16-25(23)28)52(43,44)45)37-36-21-8-6-18(7-9-21)33(41)35-20-4-2-1-3-5-20/h1-17,40,42H,34H2,(H,35,41)(H,43,44,45)(H,46,47,48). The van der Waals surface area contributed by atoms with Gasteiger partial charge < -0.3 is 16.2 Å². The number of carbonyl (C=O) groups is 1. The summed E-state index contributed by atoms with van der Waals surface area (Å²) in [5, 5.41) is 43.7. The van der Waals surface area contributed by atoms with Crippen LogP contribution in [0.15, 0.2) is 138 Å². The molecule has 0 heterocycles. The van der Waals surface area contributed by atoms with Gasteiger partial charge in [0, 0.05) is 27.4 Å². The number of fused-ring (bicyclic) bond motifs is 2. The van der Waals surface area contributed by atoms with Crippen molar-refractivity contribution >= 4 is 93.9 Å². The van der Waals surface area contributed by atoms with Crippen molar-refractivity contribution in [3.8, 4) is 5.75 Å². The minimum Gasteiger partial charge on any atom is -0.505 e. The first-order chi connectivity index (χ1) is 25.2. The third kappa shape index (κ3) is 8.30. The second-order valence-electron chi connectivity index (χ2n) is 10.9. The molecule has 1 amide bonds. The Morgan fingerprint density at radius 2 is 1.42 bits per heavy atom. The Balaban J connectivity index is 1.38. The van der Waals surface area contributed by atoms with Gasteiger partial charge >= 0.3 is 0 Å². The lowest BCUT2D eigenvalue weighted by Gasteiger charge is -2.11. The number of nitrogens with zero attached hydrogens (tertiary/aromatic N) is 4. The van der Waals surface area contributed by atoms with Crippen molar-refractivity contribution in [1.82, 2.24) is 0 Å². The maximum atomic E-state index is 12.6. The van der Waals surface area contributed by atoms with Crippen LogP contribution in [0.2, 0.25) is 0 Å². The zero-order valence-corrected chi connectivity index (χ0v) is 29.0. The highest BCUT2D eigenvalue weighted by Gasteiger charge is 2.21. The molecular weight excluding hydrogens is 753 g/mol. The molecule has 17 nitrogen and oxygen atoms in total. The third-order valence-corrected chi connectivity index (χ3v) is 9.92. The molecule has 0 aliphatic rings. The van der Waals surface area contributed by atoms with Gasteiger partial charge in [-0.25, -0.2) is 5.26 Å². The summed E-state index contributed by atoms with van der Waals surface area (Å²) in [5.41, 5.74) is 6.86. The Morgan fingerprint density at radius 1 is 0.736 bits per heavy atom. The van der Waals surface area contributed by atoms with Crippen molar-refractivity contribution < 1.29 is 50.5 Å². The number of azo groups is 2. The van der Waals surface area contributed by atoms with E-state index in [-0.39, 0.29) is 49.7 Å². The van der Waals surface area contributed by atoms with Gasteiger partial charge in [0.2, 0.25) is 0 Å². The number of benzene rings is 6. The van der Waals surface area contributed by atoms with E-state index >= 15 is 0 Å². The molecular formula is C33H24N6O11S3. The van der Waals surface area contributed by atoms with Crippen molar-refractivity contribution in [2.45, 2.75) is 14.7 Å². The van der Waals surface area contributed by atoms with Crippen LogP contribution in [0.4, 0.5) is 34.1 Å². The Labute approximate surface area is 304 Å². The molecule has 0 fully saturated rings. The minimum atomic E-state index is -4.74. The Morgan fingerprint density at radius 3 is 2.08 bits per heavy atom. The molecule has 6 rings (SSSR count). The summed E-state index contributed by atoms with van der Waals surface area (Å²) in [6.45, 7) is 0. The molecule has 0 atom stereocenters. The maximum Gasteiger partial charge on any atom is 0.296 e. The zero-order chi connectivity index (χ0) is 37.9. The molecule has 0 saturated heterocycles. The number of nitrogens with two attached hydrogens (primary N) is 1. The van der Waals surface area contributed by atoms with Crippen LogP contribution in [-0.4, -0.2) is 42.2 Å². The number of nitrogen functional groups attached to an aromatic ring is 1. The quantitative estimate of drug-likeness (QED) is 0.0181. The molecule has 0 unspecified atom stereocenters. The van der Waals surface area contributed by atoms with Crippen LogP contribution in [0, 0.1) is 0 Å². The van der Waals surface area contributed by atoms with E-state index < -0.39 is 35.8 Å². The molecule has 6 aromatic carbocycles. The lowest BCUT2D eigenvalue weighted by Crippen LogP contribution is -2.11. The van der Waals surface area contributed by atoms with Crippen LogP contribution in [0.3, 0.4) is 0 Å². The van der Waals surface area contributed by atoms with Crippen molar-refractivity contribution in [1.29, 1.82) is 0 Å². The van der Waals surface area contributed by atoms with Crippen molar-refractivity contribution in [2.24, 2.45) is 20.5 Å². The topological polar surface area (TPSA) is 272 Å². The monoisotopic (exact) mass is 776 g/mol. The molecule has 0 aliphatic carbocycles. The number of aromatic hydroxyl groups is 1. The predicted octanol–water partition coefficient (Wildman–Crippen LogP) is 8.29. The Kier molecular flexibility index (Phi) is 10.5. The van der Waals surface area contributed by atoms with Crippen molar-refractivity contribution in [2.75, 3.05) is 11.1 Å². The number of hydrogen-bond donors (Lipinski definition) is 6. The lowest BCUT2D eigenvalue weighted by molar-refractivity contribution is -0.432. The second kappa shape index (κ2) is 15.0. The van der Waals surface area contributed by atoms with Gasteiger partial charge in [-0.15, -0.1) is 19.7 Å². The molecule has 0 bridgehead atoms. The fraction of sp³-hybridized carbons (Fsp3) is 0. The van der Waals surface area contributed by atoms with E-state index in [1.807, 2.05) is 6.07 Å². The highest BCUT2D eigenvalue weighted by Crippen LogP contribution is 2.46. The predicted molar refractivity (Wildman–Crippen MR) is 193 cm³/mol. The van der Waals surface area contributed by atoms with E-state index in [0.717, 1.165) is 24.3 Å². The number of nitrogens with one attached hydrogen (secondary N) is 1. The van der Waals surface area contributed by atoms with Crippen LogP contribution in [-0.2, 0) is 29.6 Å². The number of carbonyl (C=O) groups excluding carboxylic acids is 1. The van der Waals surface area contributed by atoms with E-state index in [1.165, 1.54) is 24.3 Å². The highest BCUT2D eigenvalue weighted by molar-refractivity contribution is 7.94. The van der Waals surface area contributed by atoms with E-state index in [4.69, 9.17) is 11.0 Å². The van der Waals surface area contributed by atoms with Crippen LogP contribution < -0.4 is 11.1 Å². The van der Waals surface area contributed by atoms with Gasteiger partial charge in [0.1, 0.15) is 10.6 Å². The third-order valence-electron chi connectivity index (χ3n) is 7.55. The van der Waals surface area contributed by atoms with Gasteiger partial charge in [-0.05, 0) is 84.2 Å². The van der Waals surface area contributed by atoms with Gasteiger partial charge in [-0.1, -0.05) is 29.3 Å². The number of amides is 1. The lowest BCUT2D eigenvalue weighted by atomic mass is 10.1. The molecule has 0 radical (unpaired) electrons. The SMILES string of the molecule is Nc1cc2c(O)c(N=Nc3ccc(N=Nc4ccc(C(=O)Nc5ccccc5)cc4)c4ccc(S(=O)(=O)O)cc34)c(SOOO)cc2cc1S(=O)(=O)O. The van der Waals surface area contributed by atoms with Gasteiger partial charge in [-0.2, -0.15) is 21.9 Å². The van der Waals surface area contributed by atoms with Crippen molar-refractivity contribution in [3.63, 3.8) is 0 Å². The fourth-order valence-corrected chi connectivity index (χ4v) is 6.71. The summed E-state index contributed by atoms with van der Waals surface area (Å²) < 4.78 is 71.5. The summed E-state index contributed by atoms with van der Waals surface area (Å²) in [6.07, 6.45) is 0. The molecule has 270 valence electrons. The molecule has 7 N–H and O–H groups in total. The number of anilines is 2. The minimum absolute atomic E-state index is 0.00255. The van der Waals surface area contributed by atoms with Crippen LogP contribution in [0.1, 0.15) is 10.4 Å².